The number of ether oxygens (including phenoxy) is 3. The third kappa shape index (κ3) is 5.48. The van der Waals surface area contributed by atoms with Crippen LogP contribution in [0.25, 0.3) is 0 Å². The van der Waals surface area contributed by atoms with E-state index in [-0.39, 0.29) is 23.7 Å². The van der Waals surface area contributed by atoms with Crippen LogP contribution in [0.4, 0.5) is 0 Å². The van der Waals surface area contributed by atoms with Crippen LogP contribution in [0.1, 0.15) is 15.9 Å². The Balaban J connectivity index is 1.62. The van der Waals surface area contributed by atoms with Crippen LogP contribution < -0.4 is 4.74 Å². The van der Waals surface area contributed by atoms with Crippen molar-refractivity contribution in [2.45, 2.75) is 11.8 Å². The summed E-state index contributed by atoms with van der Waals surface area (Å²) in [6, 6.07) is 11.4. The van der Waals surface area contributed by atoms with Crippen LogP contribution in [0.2, 0.25) is 5.02 Å². The van der Waals surface area contributed by atoms with Gasteiger partial charge in [0.15, 0.2) is 0 Å². The quantitative estimate of drug-likeness (QED) is 0.487. The summed E-state index contributed by atoms with van der Waals surface area (Å²) in [7, 11) is -3.70. The standard InChI is InChI=1S/C20H22ClNO6S/c1-15-2-3-16(14-19(15)29(24,25)22-8-10-26-11-9-22)20(23)28-13-12-27-18-6-4-17(21)5-7-18/h2-7,14H,8-13H2,1H3. The van der Waals surface area contributed by atoms with E-state index >= 15 is 0 Å². The number of carbonyl (C=O) groups excluding carboxylic acids is 1. The van der Waals surface area contributed by atoms with Crippen molar-refractivity contribution in [2.75, 3.05) is 39.5 Å². The third-order valence-corrected chi connectivity index (χ3v) is 6.70. The molecule has 0 N–H and O–H groups in total. The van der Waals surface area contributed by atoms with Gasteiger partial charge in [-0.3, -0.25) is 0 Å². The van der Waals surface area contributed by atoms with Crippen LogP contribution in [0.5, 0.6) is 5.75 Å². The third-order valence-electron chi connectivity index (χ3n) is 4.41. The summed E-state index contributed by atoms with van der Waals surface area (Å²) in [5.41, 5.74) is 0.744. The van der Waals surface area contributed by atoms with E-state index < -0.39 is 16.0 Å². The molecule has 29 heavy (non-hydrogen) atoms. The van der Waals surface area contributed by atoms with Gasteiger partial charge < -0.3 is 14.2 Å². The van der Waals surface area contributed by atoms with Crippen LogP contribution in [0, 0.1) is 6.92 Å². The van der Waals surface area contributed by atoms with Crippen molar-refractivity contribution in [3.8, 4) is 5.75 Å². The molecule has 3 rings (SSSR count). The minimum Gasteiger partial charge on any atom is -0.490 e. The lowest BCUT2D eigenvalue weighted by Gasteiger charge is -2.26. The highest BCUT2D eigenvalue weighted by Gasteiger charge is 2.28. The molecule has 0 bridgehead atoms. The Bertz CT molecular complexity index is 955. The molecule has 1 aliphatic heterocycles. The summed E-state index contributed by atoms with van der Waals surface area (Å²) in [5, 5.41) is 0.603. The Hall–Kier alpha value is -2.13. The molecule has 9 heteroatoms. The first-order chi connectivity index (χ1) is 13.9. The van der Waals surface area contributed by atoms with Crippen molar-refractivity contribution >= 4 is 27.6 Å². The Kier molecular flexibility index (Phi) is 7.13. The Morgan fingerprint density at radius 1 is 1.10 bits per heavy atom. The lowest BCUT2D eigenvalue weighted by Crippen LogP contribution is -2.40. The van der Waals surface area contributed by atoms with Gasteiger partial charge in [0.1, 0.15) is 19.0 Å². The van der Waals surface area contributed by atoms with Gasteiger partial charge in [-0.05, 0) is 48.9 Å². The van der Waals surface area contributed by atoms with Crippen molar-refractivity contribution in [1.82, 2.24) is 4.31 Å². The number of hydrogen-bond acceptors (Lipinski definition) is 6. The summed E-state index contributed by atoms with van der Waals surface area (Å²) < 4.78 is 43.1. The highest BCUT2D eigenvalue weighted by molar-refractivity contribution is 7.89. The van der Waals surface area contributed by atoms with Gasteiger partial charge in [0, 0.05) is 18.1 Å². The maximum atomic E-state index is 12.9. The molecule has 0 aromatic heterocycles. The minimum atomic E-state index is -3.70. The number of sulfonamides is 1. The van der Waals surface area contributed by atoms with Crippen LogP contribution in [-0.4, -0.2) is 58.2 Å². The zero-order valence-electron chi connectivity index (χ0n) is 16.0. The van der Waals surface area contributed by atoms with Gasteiger partial charge in [0.05, 0.1) is 23.7 Å². The number of aryl methyl sites for hydroxylation is 1. The van der Waals surface area contributed by atoms with Gasteiger partial charge in [-0.2, -0.15) is 4.31 Å². The van der Waals surface area contributed by atoms with E-state index in [0.717, 1.165) is 0 Å². The second-order valence-electron chi connectivity index (χ2n) is 6.44. The molecule has 7 nitrogen and oxygen atoms in total. The summed E-state index contributed by atoms with van der Waals surface area (Å²) in [6.07, 6.45) is 0. The SMILES string of the molecule is Cc1ccc(C(=O)OCCOc2ccc(Cl)cc2)cc1S(=O)(=O)N1CCOCC1. The Labute approximate surface area is 175 Å². The van der Waals surface area contributed by atoms with Crippen LogP contribution in [0.3, 0.4) is 0 Å². The van der Waals surface area contributed by atoms with E-state index in [1.165, 1.54) is 10.4 Å². The van der Waals surface area contributed by atoms with E-state index in [9.17, 15) is 13.2 Å². The van der Waals surface area contributed by atoms with Gasteiger partial charge >= 0.3 is 5.97 Å². The fourth-order valence-corrected chi connectivity index (χ4v) is 4.62. The molecule has 0 unspecified atom stereocenters. The van der Waals surface area contributed by atoms with Crippen molar-refractivity contribution in [1.29, 1.82) is 0 Å². The lowest BCUT2D eigenvalue weighted by atomic mass is 10.1. The molecule has 1 aliphatic rings. The number of hydrogen-bond donors (Lipinski definition) is 0. The first-order valence-electron chi connectivity index (χ1n) is 9.12. The second kappa shape index (κ2) is 9.58. The average Bonchev–Trinajstić information content (AvgIpc) is 2.73. The minimum absolute atomic E-state index is 0.0287. The molecule has 2 aromatic rings. The molecule has 0 atom stereocenters. The fourth-order valence-electron chi connectivity index (χ4n) is 2.84. The normalized spacial score (nSPS) is 15.1. The molecule has 156 valence electrons. The zero-order chi connectivity index (χ0) is 20.9. The number of esters is 1. The predicted octanol–water partition coefficient (Wildman–Crippen LogP) is 2.91. The van der Waals surface area contributed by atoms with Gasteiger partial charge in [0.25, 0.3) is 0 Å². The van der Waals surface area contributed by atoms with Crippen LogP contribution >= 0.6 is 11.6 Å². The van der Waals surface area contributed by atoms with E-state index in [2.05, 4.69) is 0 Å². The molecule has 0 aliphatic carbocycles. The van der Waals surface area contributed by atoms with E-state index in [0.29, 0.717) is 42.6 Å². The Morgan fingerprint density at radius 3 is 2.48 bits per heavy atom. The fraction of sp³-hybridized carbons (Fsp3) is 0.350. The summed E-state index contributed by atoms with van der Waals surface area (Å²) in [5.74, 6) is 0.00260. The number of benzene rings is 2. The molecule has 1 saturated heterocycles. The van der Waals surface area contributed by atoms with E-state index in [4.69, 9.17) is 25.8 Å². The van der Waals surface area contributed by atoms with Gasteiger partial charge in [0.2, 0.25) is 10.0 Å². The lowest BCUT2D eigenvalue weighted by molar-refractivity contribution is 0.0450. The first kappa shape index (κ1) is 21.6. The van der Waals surface area contributed by atoms with Crippen LogP contribution in [-0.2, 0) is 19.5 Å². The summed E-state index contributed by atoms with van der Waals surface area (Å²) >= 11 is 5.81. The largest absolute Gasteiger partial charge is 0.490 e. The predicted molar refractivity (Wildman–Crippen MR) is 108 cm³/mol. The van der Waals surface area contributed by atoms with Crippen molar-refractivity contribution < 1.29 is 27.4 Å². The smallest absolute Gasteiger partial charge is 0.338 e. The molecule has 1 fully saturated rings. The molecular weight excluding hydrogens is 418 g/mol. The zero-order valence-corrected chi connectivity index (χ0v) is 17.5. The molecule has 0 saturated carbocycles. The molecule has 0 radical (unpaired) electrons. The highest BCUT2D eigenvalue weighted by atomic mass is 35.5. The van der Waals surface area contributed by atoms with Gasteiger partial charge in [-0.15, -0.1) is 0 Å². The van der Waals surface area contributed by atoms with Crippen molar-refractivity contribution in [3.05, 3.63) is 58.6 Å². The number of carbonyl (C=O) groups is 1. The van der Waals surface area contributed by atoms with Crippen LogP contribution in [0.15, 0.2) is 47.4 Å². The maximum absolute atomic E-state index is 12.9. The Morgan fingerprint density at radius 2 is 1.79 bits per heavy atom. The molecule has 0 spiro atoms. The van der Waals surface area contributed by atoms with Gasteiger partial charge in [-0.1, -0.05) is 17.7 Å². The monoisotopic (exact) mass is 439 g/mol. The van der Waals surface area contributed by atoms with E-state index in [1.54, 1.807) is 43.3 Å². The molecule has 2 aromatic carbocycles. The highest BCUT2D eigenvalue weighted by Crippen LogP contribution is 2.23. The maximum Gasteiger partial charge on any atom is 0.338 e. The second-order valence-corrected chi connectivity index (χ2v) is 8.78. The molecule has 0 amide bonds. The number of rotatable bonds is 7. The van der Waals surface area contributed by atoms with E-state index in [1.807, 2.05) is 0 Å². The number of halogens is 1. The number of nitrogens with zero attached hydrogens (tertiary/aromatic N) is 1. The topological polar surface area (TPSA) is 82.1 Å². The van der Waals surface area contributed by atoms with Crippen molar-refractivity contribution in [3.63, 3.8) is 0 Å². The molecular formula is C20H22ClNO6S. The number of morpholine rings is 1. The van der Waals surface area contributed by atoms with Gasteiger partial charge in [-0.25, -0.2) is 13.2 Å². The summed E-state index contributed by atoms with van der Waals surface area (Å²) in [4.78, 5) is 12.4. The molecule has 1 heterocycles. The van der Waals surface area contributed by atoms with Crippen molar-refractivity contribution in [2.24, 2.45) is 0 Å². The first-order valence-corrected chi connectivity index (χ1v) is 10.9. The average molecular weight is 440 g/mol. The summed E-state index contributed by atoms with van der Waals surface area (Å²) in [6.45, 7) is 3.18.